The molecular formula is C4H10GeO. The molecule has 6 heavy (non-hydrogen) atoms. The van der Waals surface area contributed by atoms with Crippen LogP contribution >= 0.6 is 0 Å². The summed E-state index contributed by atoms with van der Waals surface area (Å²) in [5, 5.41) is 0. The predicted molar refractivity (Wildman–Crippen MR) is 27.9 cm³/mol. The van der Waals surface area contributed by atoms with Crippen molar-refractivity contribution < 1.29 is 4.74 Å². The van der Waals surface area contributed by atoms with Crippen LogP contribution in [0.25, 0.3) is 0 Å². The number of ether oxygens (including phenoxy) is 1. The first-order valence-electron chi connectivity index (χ1n) is 1.99. The van der Waals surface area contributed by atoms with Gasteiger partial charge in [-0.05, 0) is 13.8 Å². The van der Waals surface area contributed by atoms with Crippen LogP contribution in [0.1, 0.15) is 13.8 Å². The second-order valence-electron chi connectivity index (χ2n) is 0.781. The molecule has 0 aromatic heterocycles. The van der Waals surface area contributed by atoms with Gasteiger partial charge in [-0.2, -0.15) is 0 Å². The summed E-state index contributed by atoms with van der Waals surface area (Å²) in [6, 6.07) is 0. The number of hydrogen-bond donors (Lipinski definition) is 0. The van der Waals surface area contributed by atoms with E-state index in [-0.39, 0.29) is 17.6 Å². The van der Waals surface area contributed by atoms with E-state index in [2.05, 4.69) is 0 Å². The van der Waals surface area contributed by atoms with Crippen molar-refractivity contribution >= 4 is 17.6 Å². The molecule has 0 saturated carbocycles. The zero-order chi connectivity index (χ0) is 4.12. The van der Waals surface area contributed by atoms with Crippen molar-refractivity contribution in [1.29, 1.82) is 0 Å². The van der Waals surface area contributed by atoms with Crippen molar-refractivity contribution in [3.05, 3.63) is 0 Å². The topological polar surface area (TPSA) is 9.23 Å². The van der Waals surface area contributed by atoms with Crippen molar-refractivity contribution in [3.8, 4) is 0 Å². The molecule has 0 spiro atoms. The Labute approximate surface area is 50.0 Å². The Kier molecular flexibility index (Phi) is 14.7. The summed E-state index contributed by atoms with van der Waals surface area (Å²) in [7, 11) is 0. The first-order chi connectivity index (χ1) is 2.41. The van der Waals surface area contributed by atoms with E-state index >= 15 is 0 Å². The molecule has 0 aliphatic heterocycles. The Bertz CT molecular complexity index is 15.0. The van der Waals surface area contributed by atoms with Crippen molar-refractivity contribution in [2.45, 2.75) is 13.8 Å². The Hall–Kier alpha value is 0.503. The van der Waals surface area contributed by atoms with Gasteiger partial charge in [-0.25, -0.2) is 0 Å². The summed E-state index contributed by atoms with van der Waals surface area (Å²) >= 11 is 0. The van der Waals surface area contributed by atoms with Gasteiger partial charge in [0.2, 0.25) is 0 Å². The predicted octanol–water partition coefficient (Wildman–Crippen LogP) is 0.662. The Morgan fingerprint density at radius 3 is 1.50 bits per heavy atom. The van der Waals surface area contributed by atoms with Crippen LogP contribution in [0.3, 0.4) is 0 Å². The van der Waals surface area contributed by atoms with Crippen LogP contribution in [0.15, 0.2) is 0 Å². The number of rotatable bonds is 2. The molecule has 36 valence electrons. The molecule has 0 aromatic rings. The third kappa shape index (κ3) is 8.82. The molecule has 0 aliphatic rings. The average molecular weight is 147 g/mol. The van der Waals surface area contributed by atoms with Gasteiger partial charge >= 0.3 is 0 Å². The van der Waals surface area contributed by atoms with Gasteiger partial charge in [0, 0.05) is 30.8 Å². The summed E-state index contributed by atoms with van der Waals surface area (Å²) < 4.78 is 4.83. The molecule has 1 nitrogen and oxygen atoms in total. The maximum atomic E-state index is 4.83. The molecule has 0 heterocycles. The quantitative estimate of drug-likeness (QED) is 0.521. The minimum atomic E-state index is 0. The molecule has 0 rings (SSSR count). The molecule has 0 fully saturated rings. The summed E-state index contributed by atoms with van der Waals surface area (Å²) in [6.07, 6.45) is 0. The standard InChI is InChI=1S/C4H10O.Ge/c1-3-5-4-2;/h3-4H2,1-2H3;. The third-order valence-corrected chi connectivity index (χ3v) is 0.408. The zero-order valence-electron chi connectivity index (χ0n) is 4.32. The van der Waals surface area contributed by atoms with E-state index in [1.54, 1.807) is 0 Å². The minimum absolute atomic E-state index is 0. The van der Waals surface area contributed by atoms with Crippen LogP contribution in [-0.2, 0) is 4.74 Å². The van der Waals surface area contributed by atoms with Gasteiger partial charge in [-0.15, -0.1) is 0 Å². The van der Waals surface area contributed by atoms with Gasteiger partial charge in [0.05, 0.1) is 0 Å². The molecule has 0 saturated heterocycles. The van der Waals surface area contributed by atoms with Crippen LogP contribution in [-0.4, -0.2) is 30.8 Å². The Balaban J connectivity index is 0. The minimum Gasteiger partial charge on any atom is -0.382 e. The zero-order valence-corrected chi connectivity index (χ0v) is 6.42. The molecule has 0 aromatic carbocycles. The van der Waals surface area contributed by atoms with Crippen LogP contribution in [0.2, 0.25) is 0 Å². The first-order valence-corrected chi connectivity index (χ1v) is 1.99. The molecule has 2 heteroatoms. The van der Waals surface area contributed by atoms with E-state index in [1.807, 2.05) is 13.8 Å². The van der Waals surface area contributed by atoms with Crippen LogP contribution in [0.5, 0.6) is 0 Å². The van der Waals surface area contributed by atoms with Gasteiger partial charge in [-0.3, -0.25) is 0 Å². The van der Waals surface area contributed by atoms with E-state index in [1.165, 1.54) is 0 Å². The van der Waals surface area contributed by atoms with E-state index in [0.29, 0.717) is 0 Å². The van der Waals surface area contributed by atoms with Crippen LogP contribution in [0, 0.1) is 0 Å². The monoisotopic (exact) mass is 148 g/mol. The molecule has 4 radical (unpaired) electrons. The third-order valence-electron chi connectivity index (χ3n) is 0.408. The van der Waals surface area contributed by atoms with Gasteiger partial charge in [-0.1, -0.05) is 0 Å². The molecular weight excluding hydrogens is 137 g/mol. The summed E-state index contributed by atoms with van der Waals surface area (Å²) in [5.74, 6) is 0. The molecule has 0 atom stereocenters. The molecule has 0 bridgehead atoms. The fourth-order valence-electron chi connectivity index (χ4n) is 0.204. The van der Waals surface area contributed by atoms with E-state index < -0.39 is 0 Å². The van der Waals surface area contributed by atoms with Gasteiger partial charge < -0.3 is 4.74 Å². The fourth-order valence-corrected chi connectivity index (χ4v) is 0.204. The second-order valence-corrected chi connectivity index (χ2v) is 0.781. The largest absolute Gasteiger partial charge is 0.382 e. The van der Waals surface area contributed by atoms with E-state index in [9.17, 15) is 0 Å². The van der Waals surface area contributed by atoms with Gasteiger partial charge in [0.25, 0.3) is 0 Å². The first kappa shape index (κ1) is 9.71. The maximum Gasteiger partial charge on any atom is 0.0437 e. The van der Waals surface area contributed by atoms with Crippen LogP contribution < -0.4 is 0 Å². The maximum absolute atomic E-state index is 4.83. The average Bonchev–Trinajstić information content (AvgIpc) is 1.41. The normalized spacial score (nSPS) is 7.00. The summed E-state index contributed by atoms with van der Waals surface area (Å²) in [5.41, 5.74) is 0. The van der Waals surface area contributed by atoms with Crippen molar-refractivity contribution in [1.82, 2.24) is 0 Å². The molecule has 0 unspecified atom stereocenters. The molecule has 0 aliphatic carbocycles. The van der Waals surface area contributed by atoms with Crippen molar-refractivity contribution in [2.24, 2.45) is 0 Å². The SMILES string of the molecule is CCOCC.[Ge]. The van der Waals surface area contributed by atoms with Gasteiger partial charge in [0.15, 0.2) is 0 Å². The van der Waals surface area contributed by atoms with Crippen molar-refractivity contribution in [3.63, 3.8) is 0 Å². The fraction of sp³-hybridized carbons (Fsp3) is 1.00. The van der Waals surface area contributed by atoms with E-state index in [0.717, 1.165) is 13.2 Å². The smallest absolute Gasteiger partial charge is 0.0437 e. The second kappa shape index (κ2) is 9.09. The Morgan fingerprint density at radius 2 is 1.50 bits per heavy atom. The van der Waals surface area contributed by atoms with Crippen molar-refractivity contribution in [2.75, 3.05) is 13.2 Å². The molecule has 0 amide bonds. The van der Waals surface area contributed by atoms with Gasteiger partial charge in [0.1, 0.15) is 0 Å². The number of hydrogen-bond acceptors (Lipinski definition) is 1. The Morgan fingerprint density at radius 1 is 1.17 bits per heavy atom. The van der Waals surface area contributed by atoms with E-state index in [4.69, 9.17) is 4.74 Å². The molecule has 0 N–H and O–H groups in total. The summed E-state index contributed by atoms with van der Waals surface area (Å²) in [4.78, 5) is 0. The summed E-state index contributed by atoms with van der Waals surface area (Å²) in [6.45, 7) is 5.67. The van der Waals surface area contributed by atoms with Crippen LogP contribution in [0.4, 0.5) is 0 Å².